The van der Waals surface area contributed by atoms with Crippen molar-refractivity contribution < 1.29 is 14.3 Å². The molecule has 0 spiro atoms. The highest BCUT2D eigenvalue weighted by Crippen LogP contribution is 2.18. The van der Waals surface area contributed by atoms with Crippen molar-refractivity contribution in [2.24, 2.45) is 5.92 Å². The van der Waals surface area contributed by atoms with Gasteiger partial charge in [-0.3, -0.25) is 4.79 Å². The van der Waals surface area contributed by atoms with Crippen LogP contribution in [0.15, 0.2) is 24.3 Å². The average molecular weight is 354 g/mol. The summed E-state index contributed by atoms with van der Waals surface area (Å²) >= 11 is 5.88. The van der Waals surface area contributed by atoms with Gasteiger partial charge in [0.25, 0.3) is 0 Å². The molecule has 0 saturated carbocycles. The fourth-order valence-electron chi connectivity index (χ4n) is 2.66. The third kappa shape index (κ3) is 5.30. The van der Waals surface area contributed by atoms with Crippen LogP contribution in [0.3, 0.4) is 0 Å². The molecule has 3 amide bonds. The molecule has 0 radical (unpaired) electrons. The first-order valence-corrected chi connectivity index (χ1v) is 8.47. The van der Waals surface area contributed by atoms with Gasteiger partial charge in [0.1, 0.15) is 12.4 Å². The highest BCUT2D eigenvalue weighted by Gasteiger charge is 2.27. The number of piperidine rings is 1. The van der Waals surface area contributed by atoms with Crippen LogP contribution in [0, 0.1) is 5.92 Å². The zero-order valence-electron chi connectivity index (χ0n) is 14.1. The first-order valence-electron chi connectivity index (χ1n) is 8.09. The van der Waals surface area contributed by atoms with Crippen molar-refractivity contribution in [2.45, 2.75) is 12.8 Å². The highest BCUT2D eigenvalue weighted by atomic mass is 35.5. The molecule has 1 heterocycles. The van der Waals surface area contributed by atoms with E-state index < -0.39 is 0 Å². The monoisotopic (exact) mass is 353 g/mol. The van der Waals surface area contributed by atoms with Gasteiger partial charge in [-0.25, -0.2) is 4.79 Å². The summed E-state index contributed by atoms with van der Waals surface area (Å²) in [7, 11) is 3.47. The largest absolute Gasteiger partial charge is 0.492 e. The zero-order valence-corrected chi connectivity index (χ0v) is 14.9. The molecule has 7 heteroatoms. The van der Waals surface area contributed by atoms with Crippen molar-refractivity contribution in [3.05, 3.63) is 29.3 Å². The number of ether oxygens (including phenoxy) is 1. The van der Waals surface area contributed by atoms with Crippen LogP contribution in [-0.2, 0) is 4.79 Å². The van der Waals surface area contributed by atoms with Gasteiger partial charge < -0.3 is 19.9 Å². The number of likely N-dealkylation sites (tertiary alicyclic amines) is 1. The molecule has 0 atom stereocenters. The summed E-state index contributed by atoms with van der Waals surface area (Å²) in [6.07, 6.45) is 1.39. The Morgan fingerprint density at radius 2 is 2.04 bits per heavy atom. The summed E-state index contributed by atoms with van der Waals surface area (Å²) in [6.45, 7) is 2.08. The van der Waals surface area contributed by atoms with Gasteiger partial charge in [-0.1, -0.05) is 17.7 Å². The van der Waals surface area contributed by atoms with Crippen LogP contribution in [0.5, 0.6) is 5.75 Å². The van der Waals surface area contributed by atoms with Crippen molar-refractivity contribution in [3.63, 3.8) is 0 Å². The number of rotatable bonds is 5. The number of urea groups is 1. The normalized spacial score (nSPS) is 15.0. The molecule has 0 bridgehead atoms. The van der Waals surface area contributed by atoms with Gasteiger partial charge in [0, 0.05) is 38.1 Å². The van der Waals surface area contributed by atoms with Crippen LogP contribution in [-0.4, -0.2) is 62.1 Å². The summed E-state index contributed by atoms with van der Waals surface area (Å²) in [5.74, 6) is 0.677. The van der Waals surface area contributed by atoms with Crippen LogP contribution >= 0.6 is 11.6 Å². The topological polar surface area (TPSA) is 61.9 Å². The molecule has 2 rings (SSSR count). The molecule has 1 fully saturated rings. The van der Waals surface area contributed by atoms with Crippen molar-refractivity contribution >= 4 is 23.5 Å². The zero-order chi connectivity index (χ0) is 17.5. The van der Waals surface area contributed by atoms with Crippen molar-refractivity contribution in [3.8, 4) is 5.75 Å². The molecule has 6 nitrogen and oxygen atoms in total. The summed E-state index contributed by atoms with van der Waals surface area (Å²) in [5.41, 5.74) is 0. The summed E-state index contributed by atoms with van der Waals surface area (Å²) in [4.78, 5) is 27.4. The maximum atomic E-state index is 12.2. The molecule has 1 aliphatic rings. The number of nitrogens with zero attached hydrogens (tertiary/aromatic N) is 2. The number of hydrogen-bond acceptors (Lipinski definition) is 3. The van der Waals surface area contributed by atoms with E-state index >= 15 is 0 Å². The Morgan fingerprint density at radius 1 is 1.33 bits per heavy atom. The third-order valence-electron chi connectivity index (χ3n) is 3.98. The number of halogens is 1. The molecule has 1 aliphatic heterocycles. The first-order chi connectivity index (χ1) is 11.5. The fourth-order valence-corrected chi connectivity index (χ4v) is 2.84. The number of amides is 3. The fraction of sp³-hybridized carbons (Fsp3) is 0.529. The molecular formula is C17H24ClN3O3. The number of benzene rings is 1. The minimum absolute atomic E-state index is 0.00350. The molecule has 1 aromatic carbocycles. The van der Waals surface area contributed by atoms with Gasteiger partial charge in [-0.2, -0.15) is 0 Å². The minimum Gasteiger partial charge on any atom is -0.492 e. The minimum atomic E-state index is -0.0395. The van der Waals surface area contributed by atoms with Crippen LogP contribution < -0.4 is 10.1 Å². The third-order valence-corrected chi connectivity index (χ3v) is 4.22. The number of carbonyl (C=O) groups is 2. The molecule has 132 valence electrons. The van der Waals surface area contributed by atoms with E-state index in [1.54, 1.807) is 36.0 Å². The molecule has 0 aromatic heterocycles. The lowest BCUT2D eigenvalue weighted by Gasteiger charge is -2.33. The van der Waals surface area contributed by atoms with E-state index in [2.05, 4.69) is 5.32 Å². The van der Waals surface area contributed by atoms with Gasteiger partial charge in [0.05, 0.1) is 6.54 Å². The molecule has 0 aliphatic carbocycles. The Labute approximate surface area is 147 Å². The van der Waals surface area contributed by atoms with Gasteiger partial charge in [0.15, 0.2) is 0 Å². The summed E-state index contributed by atoms with van der Waals surface area (Å²) in [5, 5.41) is 3.51. The van der Waals surface area contributed by atoms with E-state index in [1.807, 2.05) is 12.1 Å². The maximum absolute atomic E-state index is 12.2. The predicted molar refractivity (Wildman–Crippen MR) is 93.3 cm³/mol. The summed E-state index contributed by atoms with van der Waals surface area (Å²) in [6, 6.07) is 7.16. The number of carbonyl (C=O) groups excluding carboxylic acids is 2. The molecular weight excluding hydrogens is 330 g/mol. The number of nitrogens with one attached hydrogen (secondary N) is 1. The van der Waals surface area contributed by atoms with E-state index in [-0.39, 0.29) is 17.9 Å². The average Bonchev–Trinajstić information content (AvgIpc) is 2.58. The van der Waals surface area contributed by atoms with Crippen molar-refractivity contribution in [1.29, 1.82) is 0 Å². The van der Waals surface area contributed by atoms with Gasteiger partial charge in [-0.05, 0) is 31.0 Å². The van der Waals surface area contributed by atoms with Crippen molar-refractivity contribution in [1.82, 2.24) is 15.1 Å². The summed E-state index contributed by atoms with van der Waals surface area (Å²) < 4.78 is 5.54. The number of hydrogen-bond donors (Lipinski definition) is 1. The van der Waals surface area contributed by atoms with Crippen molar-refractivity contribution in [2.75, 3.05) is 40.3 Å². The first kappa shape index (κ1) is 18.4. The standard InChI is InChI=1S/C17H24ClN3O3/c1-20(2)17(23)21-9-6-13(7-10-21)16(22)19-8-11-24-15-5-3-4-14(18)12-15/h3-5,12-13H,6-11H2,1-2H3,(H,19,22). The Bertz CT molecular complexity index is 572. The Balaban J connectivity index is 1.66. The Kier molecular flexibility index (Phi) is 6.73. The van der Waals surface area contributed by atoms with E-state index in [9.17, 15) is 9.59 Å². The molecule has 1 N–H and O–H groups in total. The van der Waals surface area contributed by atoms with Gasteiger partial charge >= 0.3 is 6.03 Å². The van der Waals surface area contributed by atoms with Crippen LogP contribution in [0.25, 0.3) is 0 Å². The van der Waals surface area contributed by atoms with Gasteiger partial charge in [-0.15, -0.1) is 0 Å². The lowest BCUT2D eigenvalue weighted by molar-refractivity contribution is -0.126. The molecule has 1 aromatic rings. The SMILES string of the molecule is CN(C)C(=O)N1CCC(C(=O)NCCOc2cccc(Cl)c2)CC1. The van der Waals surface area contributed by atoms with E-state index in [0.29, 0.717) is 49.9 Å². The van der Waals surface area contributed by atoms with E-state index in [0.717, 1.165) is 0 Å². The Morgan fingerprint density at radius 3 is 2.67 bits per heavy atom. The second-order valence-electron chi connectivity index (χ2n) is 6.04. The lowest BCUT2D eigenvalue weighted by atomic mass is 9.96. The van der Waals surface area contributed by atoms with Crippen LogP contribution in [0.4, 0.5) is 4.79 Å². The molecule has 0 unspecified atom stereocenters. The molecule has 1 saturated heterocycles. The van der Waals surface area contributed by atoms with Gasteiger partial charge in [0.2, 0.25) is 5.91 Å². The second kappa shape index (κ2) is 8.78. The van der Waals surface area contributed by atoms with Crippen LogP contribution in [0.2, 0.25) is 5.02 Å². The lowest BCUT2D eigenvalue weighted by Crippen LogP contribution is -2.46. The highest BCUT2D eigenvalue weighted by molar-refractivity contribution is 6.30. The quantitative estimate of drug-likeness (QED) is 0.826. The smallest absolute Gasteiger partial charge is 0.319 e. The second-order valence-corrected chi connectivity index (χ2v) is 6.47. The Hall–Kier alpha value is -1.95. The van der Waals surface area contributed by atoms with Crippen LogP contribution in [0.1, 0.15) is 12.8 Å². The maximum Gasteiger partial charge on any atom is 0.319 e. The predicted octanol–water partition coefficient (Wildman–Crippen LogP) is 2.23. The van der Waals surface area contributed by atoms with E-state index in [1.165, 1.54) is 0 Å². The van der Waals surface area contributed by atoms with E-state index in [4.69, 9.17) is 16.3 Å². The molecule has 24 heavy (non-hydrogen) atoms.